The maximum absolute atomic E-state index is 10.2. The van der Waals surface area contributed by atoms with E-state index in [1.165, 1.54) is 0 Å². The lowest BCUT2D eigenvalue weighted by atomic mass is 9.93. The number of rotatable bonds is 4. The Morgan fingerprint density at radius 1 is 1.70 bits per heavy atom. The van der Waals surface area contributed by atoms with Crippen molar-refractivity contribution in [3.63, 3.8) is 0 Å². The van der Waals surface area contributed by atoms with Gasteiger partial charge < -0.3 is 4.79 Å². The summed E-state index contributed by atoms with van der Waals surface area (Å²) in [6.45, 7) is 3.80. The molecular weight excluding hydrogens is 126 g/mol. The summed E-state index contributed by atoms with van der Waals surface area (Å²) in [6, 6.07) is 2.12. The van der Waals surface area contributed by atoms with E-state index in [1.54, 1.807) is 6.92 Å². The van der Waals surface area contributed by atoms with E-state index in [4.69, 9.17) is 5.26 Å². The summed E-state index contributed by atoms with van der Waals surface area (Å²) in [4.78, 5) is 10.2. The highest BCUT2D eigenvalue weighted by atomic mass is 16.1. The number of carbonyl (C=O) groups excluding carboxylic acids is 1. The van der Waals surface area contributed by atoms with Crippen LogP contribution in [0, 0.1) is 23.2 Å². The van der Waals surface area contributed by atoms with Crippen molar-refractivity contribution >= 4 is 6.29 Å². The molecule has 0 amide bonds. The normalized spacial score (nSPS) is 15.3. The van der Waals surface area contributed by atoms with Crippen LogP contribution < -0.4 is 0 Å². The van der Waals surface area contributed by atoms with E-state index in [0.29, 0.717) is 0 Å². The molecule has 2 nitrogen and oxygen atoms in total. The van der Waals surface area contributed by atoms with Crippen LogP contribution in [0.3, 0.4) is 0 Å². The molecular formula is C8H13NO. The number of hydrogen-bond acceptors (Lipinski definition) is 2. The Morgan fingerprint density at radius 3 is 2.60 bits per heavy atom. The molecule has 0 aromatic carbocycles. The van der Waals surface area contributed by atoms with Gasteiger partial charge in [0, 0.05) is 5.92 Å². The third kappa shape index (κ3) is 2.63. The average Bonchev–Trinajstić information content (AvgIpc) is 1.99. The maximum atomic E-state index is 10.2. The number of nitriles is 1. The van der Waals surface area contributed by atoms with E-state index in [2.05, 4.69) is 6.07 Å². The third-order valence-electron chi connectivity index (χ3n) is 1.61. The summed E-state index contributed by atoms with van der Waals surface area (Å²) in [5, 5.41) is 8.55. The summed E-state index contributed by atoms with van der Waals surface area (Å²) in [7, 11) is 0. The highest BCUT2D eigenvalue weighted by Crippen LogP contribution is 2.13. The van der Waals surface area contributed by atoms with Gasteiger partial charge in [-0.1, -0.05) is 20.3 Å². The molecule has 10 heavy (non-hydrogen) atoms. The average molecular weight is 139 g/mol. The molecule has 0 radical (unpaired) electrons. The van der Waals surface area contributed by atoms with Gasteiger partial charge in [0.1, 0.15) is 6.29 Å². The Labute approximate surface area is 61.8 Å². The predicted molar refractivity (Wildman–Crippen MR) is 39.2 cm³/mol. The largest absolute Gasteiger partial charge is 0.303 e. The second-order valence-corrected chi connectivity index (χ2v) is 2.52. The van der Waals surface area contributed by atoms with Gasteiger partial charge in [-0.15, -0.1) is 0 Å². The van der Waals surface area contributed by atoms with E-state index < -0.39 is 0 Å². The first-order valence-electron chi connectivity index (χ1n) is 3.61. The molecule has 0 spiro atoms. The van der Waals surface area contributed by atoms with Crippen molar-refractivity contribution in [3.8, 4) is 6.07 Å². The van der Waals surface area contributed by atoms with Gasteiger partial charge in [0.15, 0.2) is 0 Å². The van der Waals surface area contributed by atoms with Crippen molar-refractivity contribution in [2.75, 3.05) is 0 Å². The van der Waals surface area contributed by atoms with Crippen LogP contribution in [0.2, 0.25) is 0 Å². The van der Waals surface area contributed by atoms with Crippen LogP contribution in [0.25, 0.3) is 0 Å². The lowest BCUT2D eigenvalue weighted by Crippen LogP contribution is -2.10. The van der Waals surface area contributed by atoms with Gasteiger partial charge in [0.2, 0.25) is 0 Å². The summed E-state index contributed by atoms with van der Waals surface area (Å²) in [5.41, 5.74) is 0. The van der Waals surface area contributed by atoms with Crippen molar-refractivity contribution in [2.45, 2.75) is 26.7 Å². The van der Waals surface area contributed by atoms with Crippen molar-refractivity contribution < 1.29 is 4.79 Å². The molecule has 2 unspecified atom stereocenters. The fourth-order valence-electron chi connectivity index (χ4n) is 0.851. The molecule has 0 rings (SSSR count). The van der Waals surface area contributed by atoms with Crippen LogP contribution in [0.5, 0.6) is 0 Å². The number of hydrogen-bond donors (Lipinski definition) is 0. The zero-order chi connectivity index (χ0) is 7.98. The Bertz CT molecular complexity index is 137. The van der Waals surface area contributed by atoms with Crippen LogP contribution in [0.1, 0.15) is 26.7 Å². The smallest absolute Gasteiger partial charge is 0.124 e. The number of nitrogens with zero attached hydrogens (tertiary/aromatic N) is 1. The molecule has 0 bridgehead atoms. The molecule has 0 aliphatic rings. The van der Waals surface area contributed by atoms with Crippen molar-refractivity contribution in [3.05, 3.63) is 0 Å². The molecule has 0 aliphatic carbocycles. The standard InChI is InChI=1S/C8H13NO/c1-3-4-8(5-9)7(2)6-10/h6-8H,3-4H2,1-2H3. The molecule has 0 fully saturated rings. The Kier molecular flexibility index (Phi) is 4.57. The van der Waals surface area contributed by atoms with Crippen molar-refractivity contribution in [1.29, 1.82) is 5.26 Å². The van der Waals surface area contributed by atoms with Crippen LogP contribution in [-0.2, 0) is 4.79 Å². The molecule has 0 aromatic heterocycles. The van der Waals surface area contributed by atoms with Gasteiger partial charge in [-0.25, -0.2) is 0 Å². The fourth-order valence-corrected chi connectivity index (χ4v) is 0.851. The van der Waals surface area contributed by atoms with Gasteiger partial charge in [-0.05, 0) is 6.42 Å². The molecule has 0 saturated heterocycles. The topological polar surface area (TPSA) is 40.9 Å². The summed E-state index contributed by atoms with van der Waals surface area (Å²) in [6.07, 6.45) is 2.65. The SMILES string of the molecule is CCCC(C#N)C(C)C=O. The molecule has 56 valence electrons. The first-order chi connectivity index (χ1) is 4.76. The highest BCUT2D eigenvalue weighted by Gasteiger charge is 2.13. The maximum Gasteiger partial charge on any atom is 0.124 e. The summed E-state index contributed by atoms with van der Waals surface area (Å²) < 4.78 is 0. The minimum atomic E-state index is -0.107. The van der Waals surface area contributed by atoms with Gasteiger partial charge in [-0.3, -0.25) is 0 Å². The first kappa shape index (κ1) is 9.16. The lowest BCUT2D eigenvalue weighted by Gasteiger charge is -2.08. The molecule has 2 heteroatoms. The Morgan fingerprint density at radius 2 is 2.30 bits per heavy atom. The predicted octanol–water partition coefficient (Wildman–Crippen LogP) is 1.76. The quantitative estimate of drug-likeness (QED) is 0.557. The minimum absolute atomic E-state index is 0.0810. The minimum Gasteiger partial charge on any atom is -0.303 e. The monoisotopic (exact) mass is 139 g/mol. The second kappa shape index (κ2) is 4.99. The van der Waals surface area contributed by atoms with E-state index >= 15 is 0 Å². The van der Waals surface area contributed by atoms with Crippen LogP contribution in [0.15, 0.2) is 0 Å². The van der Waals surface area contributed by atoms with Crippen LogP contribution in [0.4, 0.5) is 0 Å². The van der Waals surface area contributed by atoms with Gasteiger partial charge in [0.25, 0.3) is 0 Å². The fraction of sp³-hybridized carbons (Fsp3) is 0.750. The number of aldehydes is 1. The zero-order valence-corrected chi connectivity index (χ0v) is 6.50. The van der Waals surface area contributed by atoms with Gasteiger partial charge in [0.05, 0.1) is 12.0 Å². The molecule has 0 aromatic rings. The first-order valence-corrected chi connectivity index (χ1v) is 3.61. The lowest BCUT2D eigenvalue weighted by molar-refractivity contribution is -0.111. The summed E-state index contributed by atoms with van der Waals surface area (Å²) >= 11 is 0. The van der Waals surface area contributed by atoms with E-state index in [1.807, 2.05) is 6.92 Å². The number of carbonyl (C=O) groups is 1. The molecule has 0 aliphatic heterocycles. The van der Waals surface area contributed by atoms with Crippen LogP contribution in [-0.4, -0.2) is 6.29 Å². The molecule has 2 atom stereocenters. The highest BCUT2D eigenvalue weighted by molar-refractivity contribution is 5.54. The Hall–Kier alpha value is -0.840. The molecule has 0 N–H and O–H groups in total. The Balaban J connectivity index is 3.82. The van der Waals surface area contributed by atoms with Crippen LogP contribution >= 0.6 is 0 Å². The van der Waals surface area contributed by atoms with E-state index in [9.17, 15) is 4.79 Å². The van der Waals surface area contributed by atoms with E-state index in [-0.39, 0.29) is 11.8 Å². The van der Waals surface area contributed by atoms with Crippen molar-refractivity contribution in [1.82, 2.24) is 0 Å². The zero-order valence-electron chi connectivity index (χ0n) is 6.50. The molecule has 0 saturated carbocycles. The van der Waals surface area contributed by atoms with E-state index in [0.717, 1.165) is 19.1 Å². The summed E-state index contributed by atoms with van der Waals surface area (Å²) in [5.74, 6) is -0.188. The second-order valence-electron chi connectivity index (χ2n) is 2.52. The van der Waals surface area contributed by atoms with Gasteiger partial charge in [-0.2, -0.15) is 5.26 Å². The van der Waals surface area contributed by atoms with Crippen molar-refractivity contribution in [2.24, 2.45) is 11.8 Å². The molecule has 0 heterocycles. The third-order valence-corrected chi connectivity index (χ3v) is 1.61. The van der Waals surface area contributed by atoms with Gasteiger partial charge >= 0.3 is 0 Å².